The molecule has 0 radical (unpaired) electrons. The van der Waals surface area contributed by atoms with Crippen molar-refractivity contribution in [2.75, 3.05) is 29.9 Å². The third-order valence-corrected chi connectivity index (χ3v) is 6.56. The number of nitrogens with one attached hydrogen (secondary N) is 1. The van der Waals surface area contributed by atoms with Gasteiger partial charge in [-0.1, -0.05) is 0 Å². The number of nitrogens with zero attached hydrogens (tertiary/aromatic N) is 6. The van der Waals surface area contributed by atoms with Crippen LogP contribution in [0, 0.1) is 24.6 Å². The van der Waals surface area contributed by atoms with Crippen LogP contribution in [0.15, 0.2) is 30.9 Å². The number of pyridine rings is 1. The van der Waals surface area contributed by atoms with E-state index in [1.807, 2.05) is 32.6 Å². The van der Waals surface area contributed by atoms with Crippen molar-refractivity contribution in [3.05, 3.63) is 48.1 Å². The number of fused-ring (bicyclic) bond motifs is 2. The third-order valence-electron chi connectivity index (χ3n) is 6.56. The van der Waals surface area contributed by atoms with E-state index in [2.05, 4.69) is 25.2 Å². The summed E-state index contributed by atoms with van der Waals surface area (Å²) in [5.41, 5.74) is 0.782. The molecule has 11 heteroatoms. The molecule has 0 bridgehead atoms. The minimum atomic E-state index is -0.526. The molecule has 10 nitrogen and oxygen atoms in total. The minimum absolute atomic E-state index is 0.130. The molecule has 2 amide bonds. The van der Waals surface area contributed by atoms with E-state index in [4.69, 9.17) is 4.74 Å². The molecule has 3 aromatic rings. The number of hydrogen-bond donors (Lipinski definition) is 1. The van der Waals surface area contributed by atoms with E-state index in [9.17, 15) is 14.0 Å². The summed E-state index contributed by atoms with van der Waals surface area (Å²) in [5.74, 6) is 0.392. The zero-order chi connectivity index (χ0) is 25.8. The molecular formula is C25H30FN7O3. The second-order valence-corrected chi connectivity index (χ2v) is 10.4. The number of amides is 2. The van der Waals surface area contributed by atoms with Crippen LogP contribution in [-0.2, 0) is 4.74 Å². The normalized spacial score (nSPS) is 20.8. The number of aryl methyl sites for hydroxylation is 1. The van der Waals surface area contributed by atoms with Crippen LogP contribution in [0.25, 0.3) is 5.65 Å². The van der Waals surface area contributed by atoms with Crippen molar-refractivity contribution >= 4 is 29.2 Å². The third kappa shape index (κ3) is 4.57. The zero-order valence-electron chi connectivity index (χ0n) is 21.0. The van der Waals surface area contributed by atoms with Gasteiger partial charge in [-0.25, -0.2) is 24.1 Å². The Morgan fingerprint density at radius 1 is 1.19 bits per heavy atom. The van der Waals surface area contributed by atoms with E-state index in [1.54, 1.807) is 25.5 Å². The molecule has 2 unspecified atom stereocenters. The van der Waals surface area contributed by atoms with Crippen molar-refractivity contribution in [2.24, 2.45) is 11.8 Å². The van der Waals surface area contributed by atoms with Gasteiger partial charge < -0.3 is 24.3 Å². The van der Waals surface area contributed by atoms with Crippen LogP contribution >= 0.6 is 0 Å². The summed E-state index contributed by atoms with van der Waals surface area (Å²) >= 11 is 0. The molecule has 1 N–H and O–H groups in total. The van der Waals surface area contributed by atoms with Gasteiger partial charge in [-0.3, -0.25) is 4.79 Å². The number of carbonyl (C=O) groups excluding carboxylic acids is 2. The topological polar surface area (TPSA) is 105 Å². The number of anilines is 2. The largest absolute Gasteiger partial charge is 0.444 e. The summed E-state index contributed by atoms with van der Waals surface area (Å²) in [6.07, 6.45) is 6.00. The van der Waals surface area contributed by atoms with Crippen LogP contribution in [0.4, 0.5) is 20.7 Å². The summed E-state index contributed by atoms with van der Waals surface area (Å²) in [6, 6.07) is 1.40. The summed E-state index contributed by atoms with van der Waals surface area (Å²) in [5, 5.41) is 2.66. The van der Waals surface area contributed by atoms with Crippen LogP contribution < -0.4 is 10.2 Å². The summed E-state index contributed by atoms with van der Waals surface area (Å²) in [4.78, 5) is 42.0. The number of aromatic nitrogens is 4. The predicted molar refractivity (Wildman–Crippen MR) is 131 cm³/mol. The summed E-state index contributed by atoms with van der Waals surface area (Å²) in [7, 11) is 0. The molecule has 2 aliphatic rings. The van der Waals surface area contributed by atoms with Gasteiger partial charge in [-0.05, 0) is 34.6 Å². The second kappa shape index (κ2) is 8.72. The van der Waals surface area contributed by atoms with E-state index >= 15 is 0 Å². The first-order valence-electron chi connectivity index (χ1n) is 12.1. The van der Waals surface area contributed by atoms with Gasteiger partial charge in [-0.2, -0.15) is 0 Å². The number of ether oxygens (including phenoxy) is 1. The summed E-state index contributed by atoms with van der Waals surface area (Å²) < 4.78 is 21.4. The van der Waals surface area contributed by atoms with Crippen LogP contribution in [0.2, 0.25) is 0 Å². The SMILES string of the molecule is CCN(C(=O)OC(C)(C)C)C1C2CN(c3cnc(C(=O)Nc4cc(F)c5nc(C)cn5c4)cn3)CC21. The molecule has 36 heavy (non-hydrogen) atoms. The van der Waals surface area contributed by atoms with Gasteiger partial charge in [0.05, 0.1) is 23.8 Å². The Morgan fingerprint density at radius 3 is 2.53 bits per heavy atom. The lowest BCUT2D eigenvalue weighted by molar-refractivity contribution is 0.0225. The van der Waals surface area contributed by atoms with Gasteiger partial charge in [0.2, 0.25) is 0 Å². The Balaban J connectivity index is 1.19. The number of imidazole rings is 1. The molecule has 2 atom stereocenters. The number of piperidine rings is 1. The molecule has 1 saturated heterocycles. The van der Waals surface area contributed by atoms with Gasteiger partial charge >= 0.3 is 6.09 Å². The fraction of sp³-hybridized carbons (Fsp3) is 0.480. The zero-order valence-corrected chi connectivity index (χ0v) is 21.0. The van der Waals surface area contributed by atoms with E-state index in [-0.39, 0.29) is 23.5 Å². The monoisotopic (exact) mass is 495 g/mol. The average molecular weight is 496 g/mol. The van der Waals surface area contributed by atoms with Crippen molar-refractivity contribution < 1.29 is 18.7 Å². The van der Waals surface area contributed by atoms with E-state index in [1.165, 1.54) is 16.7 Å². The Hall–Kier alpha value is -3.76. The average Bonchev–Trinajstić information content (AvgIpc) is 3.12. The van der Waals surface area contributed by atoms with Crippen molar-refractivity contribution in [2.45, 2.75) is 46.3 Å². The molecule has 0 aromatic carbocycles. The Bertz CT molecular complexity index is 1310. The molecule has 2 fully saturated rings. The smallest absolute Gasteiger partial charge is 0.410 e. The van der Waals surface area contributed by atoms with E-state index in [0.717, 1.165) is 13.1 Å². The van der Waals surface area contributed by atoms with Gasteiger partial charge in [-0.15, -0.1) is 0 Å². The fourth-order valence-corrected chi connectivity index (χ4v) is 4.97. The highest BCUT2D eigenvalue weighted by Crippen LogP contribution is 2.49. The predicted octanol–water partition coefficient (Wildman–Crippen LogP) is 3.52. The van der Waals surface area contributed by atoms with Crippen molar-refractivity contribution in [1.29, 1.82) is 0 Å². The first-order chi connectivity index (χ1) is 17.0. The highest BCUT2D eigenvalue weighted by atomic mass is 19.1. The quantitative estimate of drug-likeness (QED) is 0.577. The molecule has 1 aliphatic heterocycles. The van der Waals surface area contributed by atoms with Gasteiger partial charge in [0.25, 0.3) is 5.91 Å². The van der Waals surface area contributed by atoms with Crippen molar-refractivity contribution in [3.63, 3.8) is 0 Å². The number of halogens is 1. The molecular weight excluding hydrogens is 465 g/mol. The van der Waals surface area contributed by atoms with Gasteiger partial charge in [0.1, 0.15) is 17.1 Å². The molecule has 190 valence electrons. The van der Waals surface area contributed by atoms with Crippen molar-refractivity contribution in [1.82, 2.24) is 24.3 Å². The van der Waals surface area contributed by atoms with E-state index < -0.39 is 17.3 Å². The lowest BCUT2D eigenvalue weighted by Gasteiger charge is -2.29. The van der Waals surface area contributed by atoms with Crippen LogP contribution in [0.3, 0.4) is 0 Å². The maximum absolute atomic E-state index is 14.3. The highest BCUT2D eigenvalue weighted by Gasteiger charge is 2.60. The maximum atomic E-state index is 14.3. The van der Waals surface area contributed by atoms with Crippen LogP contribution in [0.5, 0.6) is 0 Å². The number of hydrogen-bond acceptors (Lipinski definition) is 7. The maximum Gasteiger partial charge on any atom is 0.410 e. The first-order valence-corrected chi connectivity index (χ1v) is 12.1. The van der Waals surface area contributed by atoms with Gasteiger partial charge in [0, 0.05) is 56.0 Å². The van der Waals surface area contributed by atoms with Crippen LogP contribution in [-0.4, -0.2) is 67.5 Å². The molecule has 3 aromatic heterocycles. The number of rotatable bonds is 5. The Labute approximate surface area is 208 Å². The minimum Gasteiger partial charge on any atom is -0.444 e. The Kier molecular flexibility index (Phi) is 5.80. The lowest BCUT2D eigenvalue weighted by atomic mass is 10.2. The molecule has 1 saturated carbocycles. The molecule has 4 heterocycles. The molecule has 5 rings (SSSR count). The first kappa shape index (κ1) is 24.0. The fourth-order valence-electron chi connectivity index (χ4n) is 4.97. The molecule has 0 spiro atoms. The summed E-state index contributed by atoms with van der Waals surface area (Å²) in [6.45, 7) is 11.5. The standard InChI is InChI=1S/C25H30FN7O3/c1-6-33(24(35)36-25(3,4)5)21-16-12-31(13-17(16)21)20-9-27-19(8-28-20)23(34)30-15-7-18(26)22-29-14(2)10-32(22)11-15/h7-11,16-17,21H,6,12-13H2,1-5H3,(H,30,34). The van der Waals surface area contributed by atoms with Gasteiger partial charge in [0.15, 0.2) is 11.5 Å². The van der Waals surface area contributed by atoms with Crippen molar-refractivity contribution in [3.8, 4) is 0 Å². The van der Waals surface area contributed by atoms with E-state index in [0.29, 0.717) is 35.6 Å². The molecule has 1 aliphatic carbocycles. The highest BCUT2D eigenvalue weighted by molar-refractivity contribution is 6.02. The Morgan fingerprint density at radius 2 is 1.92 bits per heavy atom. The van der Waals surface area contributed by atoms with Crippen LogP contribution in [0.1, 0.15) is 43.9 Å². The lowest BCUT2D eigenvalue weighted by Crippen LogP contribution is -2.42. The second-order valence-electron chi connectivity index (χ2n) is 10.4. The number of carbonyl (C=O) groups is 2.